The number of sulfonamides is 2. The van der Waals surface area contributed by atoms with Crippen molar-refractivity contribution in [1.82, 2.24) is 13.6 Å². The van der Waals surface area contributed by atoms with E-state index in [2.05, 4.69) is 13.0 Å². The molecule has 1 aromatic heterocycles. The first-order valence-corrected chi connectivity index (χ1v) is 15.4. The van der Waals surface area contributed by atoms with Crippen LogP contribution in [-0.2, 0) is 20.0 Å². The van der Waals surface area contributed by atoms with Crippen molar-refractivity contribution in [2.45, 2.75) is 48.3 Å². The van der Waals surface area contributed by atoms with Crippen LogP contribution in [0.25, 0.3) is 10.2 Å². The van der Waals surface area contributed by atoms with Gasteiger partial charge in [0, 0.05) is 32.1 Å². The summed E-state index contributed by atoms with van der Waals surface area (Å²) in [7, 11) is -7.29. The monoisotopic (exact) mass is 519 g/mol. The Kier molecular flexibility index (Phi) is 6.54. The van der Waals surface area contributed by atoms with Crippen molar-refractivity contribution in [2.75, 3.05) is 26.2 Å². The third-order valence-electron chi connectivity index (χ3n) is 6.83. The number of aromatic nitrogens is 1. The van der Waals surface area contributed by atoms with E-state index in [1.54, 1.807) is 11.3 Å². The fourth-order valence-corrected chi connectivity index (χ4v) is 9.06. The Morgan fingerprint density at radius 3 is 2.06 bits per heavy atom. The number of nitrogens with zero attached hydrogens (tertiary/aromatic N) is 3. The number of para-hydroxylation sites is 1. The van der Waals surface area contributed by atoms with E-state index in [0.717, 1.165) is 40.9 Å². The van der Waals surface area contributed by atoms with Crippen LogP contribution in [0.3, 0.4) is 0 Å². The lowest BCUT2D eigenvalue weighted by Crippen LogP contribution is -2.39. The number of thiazole rings is 1. The molecule has 0 radical (unpaired) electrons. The molecule has 0 saturated carbocycles. The average Bonchev–Trinajstić information content (AvgIpc) is 3.29. The molecular weight excluding hydrogens is 490 g/mol. The Labute approximate surface area is 205 Å². The molecule has 2 saturated heterocycles. The number of hydrogen-bond acceptors (Lipinski definition) is 6. The molecule has 0 unspecified atom stereocenters. The molecule has 182 valence electrons. The minimum Gasteiger partial charge on any atom is -0.241 e. The number of rotatable bonds is 5. The van der Waals surface area contributed by atoms with Gasteiger partial charge in [-0.05, 0) is 68.0 Å². The molecule has 0 N–H and O–H groups in total. The predicted octanol–water partition coefficient (Wildman–Crippen LogP) is 4.29. The van der Waals surface area contributed by atoms with E-state index in [-0.39, 0.29) is 15.7 Å². The highest BCUT2D eigenvalue weighted by atomic mass is 32.2. The lowest BCUT2D eigenvalue weighted by Gasteiger charge is -2.31. The average molecular weight is 520 g/mol. The first-order chi connectivity index (χ1) is 16.2. The van der Waals surface area contributed by atoms with Crippen LogP contribution in [0.4, 0.5) is 0 Å². The third-order valence-corrected chi connectivity index (χ3v) is 11.8. The fourth-order valence-electron chi connectivity index (χ4n) is 4.85. The molecule has 0 amide bonds. The number of fused-ring (bicyclic) bond motifs is 1. The smallest absolute Gasteiger partial charge is 0.241 e. The second kappa shape index (κ2) is 9.31. The molecule has 5 rings (SSSR count). The summed E-state index contributed by atoms with van der Waals surface area (Å²) in [5.41, 5.74) is 0.992. The summed E-state index contributed by atoms with van der Waals surface area (Å²) in [6.45, 7) is 3.92. The van der Waals surface area contributed by atoms with E-state index >= 15 is 0 Å². The molecule has 1 atom stereocenters. The van der Waals surface area contributed by atoms with Crippen LogP contribution < -0.4 is 0 Å². The van der Waals surface area contributed by atoms with Crippen LogP contribution in [0.1, 0.15) is 43.5 Å². The molecule has 34 heavy (non-hydrogen) atoms. The van der Waals surface area contributed by atoms with E-state index in [1.165, 1.54) is 32.9 Å². The van der Waals surface area contributed by atoms with Crippen molar-refractivity contribution in [2.24, 2.45) is 5.92 Å². The van der Waals surface area contributed by atoms with E-state index < -0.39 is 20.0 Å². The van der Waals surface area contributed by atoms with Crippen molar-refractivity contribution in [1.29, 1.82) is 0 Å². The van der Waals surface area contributed by atoms with Gasteiger partial charge in [0.1, 0.15) is 0 Å². The van der Waals surface area contributed by atoms with Gasteiger partial charge in [0.15, 0.2) is 0 Å². The van der Waals surface area contributed by atoms with Crippen LogP contribution in [-0.4, -0.2) is 56.6 Å². The first kappa shape index (κ1) is 23.9. The molecule has 3 heterocycles. The topological polar surface area (TPSA) is 87.7 Å². The van der Waals surface area contributed by atoms with Crippen molar-refractivity contribution in [3.05, 3.63) is 53.5 Å². The zero-order valence-corrected chi connectivity index (χ0v) is 21.6. The quantitative estimate of drug-likeness (QED) is 0.502. The zero-order chi connectivity index (χ0) is 23.9. The maximum atomic E-state index is 13.2. The Bertz CT molecular complexity index is 1340. The standard InChI is InChI=1S/C24H29N3O4S3/c1-18-5-4-14-27(17-18)34(30,31)21-10-8-20(9-11-21)33(28,29)26-15-12-19(13-16-26)24-25-22-6-2-3-7-23(22)32-24/h2-3,6-11,18-19H,4-5,12-17H2,1H3/t18-/m1/s1. The highest BCUT2D eigenvalue weighted by Gasteiger charge is 2.32. The molecule has 2 aromatic carbocycles. The molecular formula is C24H29N3O4S3. The second-order valence-electron chi connectivity index (χ2n) is 9.28. The Morgan fingerprint density at radius 1 is 0.824 bits per heavy atom. The van der Waals surface area contributed by atoms with Crippen LogP contribution >= 0.6 is 11.3 Å². The summed E-state index contributed by atoms with van der Waals surface area (Å²) in [6.07, 6.45) is 3.32. The minimum absolute atomic E-state index is 0.136. The van der Waals surface area contributed by atoms with Gasteiger partial charge in [0.05, 0.1) is 25.0 Å². The maximum absolute atomic E-state index is 13.2. The fraction of sp³-hybridized carbons (Fsp3) is 0.458. The normalized spacial score (nSPS) is 21.7. The summed E-state index contributed by atoms with van der Waals surface area (Å²) in [4.78, 5) is 5.03. The molecule has 3 aromatic rings. The molecule has 2 aliphatic rings. The van der Waals surface area contributed by atoms with Crippen molar-refractivity contribution in [3.63, 3.8) is 0 Å². The van der Waals surface area contributed by atoms with E-state index in [1.807, 2.05) is 18.2 Å². The van der Waals surface area contributed by atoms with Gasteiger partial charge in [-0.3, -0.25) is 0 Å². The maximum Gasteiger partial charge on any atom is 0.243 e. The predicted molar refractivity (Wildman–Crippen MR) is 134 cm³/mol. The molecule has 7 nitrogen and oxygen atoms in total. The zero-order valence-electron chi connectivity index (χ0n) is 19.1. The van der Waals surface area contributed by atoms with Gasteiger partial charge >= 0.3 is 0 Å². The van der Waals surface area contributed by atoms with Crippen molar-refractivity contribution < 1.29 is 16.8 Å². The SMILES string of the molecule is C[C@@H]1CCCN(S(=O)(=O)c2ccc(S(=O)(=O)N3CCC(c4nc5ccccc5s4)CC3)cc2)C1. The number of piperidine rings is 2. The van der Waals surface area contributed by atoms with Gasteiger partial charge < -0.3 is 0 Å². The molecule has 0 bridgehead atoms. The van der Waals surface area contributed by atoms with Crippen molar-refractivity contribution in [3.8, 4) is 0 Å². The van der Waals surface area contributed by atoms with Gasteiger partial charge in [-0.1, -0.05) is 19.1 Å². The van der Waals surface area contributed by atoms with Gasteiger partial charge in [-0.2, -0.15) is 8.61 Å². The lowest BCUT2D eigenvalue weighted by molar-refractivity contribution is 0.281. The van der Waals surface area contributed by atoms with E-state index in [9.17, 15) is 16.8 Å². The highest BCUT2D eigenvalue weighted by Crippen LogP contribution is 2.35. The van der Waals surface area contributed by atoms with E-state index in [0.29, 0.717) is 32.1 Å². The Balaban J connectivity index is 1.28. The Morgan fingerprint density at radius 2 is 1.44 bits per heavy atom. The molecule has 0 spiro atoms. The van der Waals surface area contributed by atoms with E-state index in [4.69, 9.17) is 4.98 Å². The second-order valence-corrected chi connectivity index (χ2v) is 14.2. The molecule has 0 aliphatic carbocycles. The summed E-state index contributed by atoms with van der Waals surface area (Å²) >= 11 is 1.68. The third kappa shape index (κ3) is 4.54. The summed E-state index contributed by atoms with van der Waals surface area (Å²) in [5, 5.41) is 1.07. The number of hydrogen-bond donors (Lipinski definition) is 0. The summed E-state index contributed by atoms with van der Waals surface area (Å²) < 4.78 is 56.6. The van der Waals surface area contributed by atoms with Crippen molar-refractivity contribution >= 4 is 41.6 Å². The van der Waals surface area contributed by atoms with Gasteiger partial charge in [0.25, 0.3) is 0 Å². The molecule has 10 heteroatoms. The van der Waals surface area contributed by atoms with Gasteiger partial charge in [0.2, 0.25) is 20.0 Å². The van der Waals surface area contributed by atoms with Gasteiger partial charge in [-0.15, -0.1) is 11.3 Å². The van der Waals surface area contributed by atoms with Crippen LogP contribution in [0.2, 0.25) is 0 Å². The molecule has 2 fully saturated rings. The lowest BCUT2D eigenvalue weighted by atomic mass is 9.99. The van der Waals surface area contributed by atoms with Crippen LogP contribution in [0.15, 0.2) is 58.3 Å². The van der Waals surface area contributed by atoms with Gasteiger partial charge in [-0.25, -0.2) is 21.8 Å². The largest absolute Gasteiger partial charge is 0.243 e. The van der Waals surface area contributed by atoms with Crippen LogP contribution in [0, 0.1) is 5.92 Å². The van der Waals surface area contributed by atoms with Crippen LogP contribution in [0.5, 0.6) is 0 Å². The summed E-state index contributed by atoms with van der Waals surface area (Å²) in [6, 6.07) is 13.7. The highest BCUT2D eigenvalue weighted by molar-refractivity contribution is 7.89. The number of benzene rings is 2. The first-order valence-electron chi connectivity index (χ1n) is 11.7. The molecule has 2 aliphatic heterocycles. The summed E-state index contributed by atoms with van der Waals surface area (Å²) in [5.74, 6) is 0.581. The Hall–Kier alpha value is -1.85. The minimum atomic E-state index is -3.68.